The Morgan fingerprint density at radius 3 is 2.05 bits per heavy atom. The molecule has 10 nitrogen and oxygen atoms in total. The molecule has 3 aliphatic rings. The molecule has 3 rings (SSSR count). The van der Waals surface area contributed by atoms with Crippen LogP contribution in [0.3, 0.4) is 0 Å². The Morgan fingerprint density at radius 1 is 1.00 bits per heavy atom. The van der Waals surface area contributed by atoms with Crippen molar-refractivity contribution >= 4 is 29.5 Å². The third-order valence-electron chi connectivity index (χ3n) is 8.31. The van der Waals surface area contributed by atoms with Crippen molar-refractivity contribution in [1.82, 2.24) is 20.9 Å². The first-order valence-electron chi connectivity index (χ1n) is 13.4. The molecule has 2 aliphatic carbocycles. The second-order valence-corrected chi connectivity index (χ2v) is 13.9. The van der Waals surface area contributed by atoms with Gasteiger partial charge >= 0.3 is 6.03 Å². The maximum absolute atomic E-state index is 13.9. The molecular formula is C27H45N5O5. The predicted octanol–water partition coefficient (Wildman–Crippen LogP) is 1.71. The zero-order valence-corrected chi connectivity index (χ0v) is 23.6. The van der Waals surface area contributed by atoms with Crippen LogP contribution in [0.15, 0.2) is 0 Å². The van der Waals surface area contributed by atoms with E-state index < -0.39 is 52.7 Å². The van der Waals surface area contributed by atoms with Gasteiger partial charge in [-0.1, -0.05) is 53.9 Å². The minimum Gasteiger partial charge on any atom is -0.363 e. The van der Waals surface area contributed by atoms with E-state index in [1.807, 2.05) is 41.5 Å². The summed E-state index contributed by atoms with van der Waals surface area (Å²) in [6.07, 6.45) is 3.31. The highest BCUT2D eigenvalue weighted by molar-refractivity contribution is 6.37. The van der Waals surface area contributed by atoms with E-state index in [0.29, 0.717) is 13.0 Å². The molecule has 0 aromatic rings. The van der Waals surface area contributed by atoms with Gasteiger partial charge in [-0.15, -0.1) is 0 Å². The van der Waals surface area contributed by atoms with Crippen LogP contribution in [-0.4, -0.2) is 64.6 Å². The summed E-state index contributed by atoms with van der Waals surface area (Å²) in [5, 5.41) is 8.44. The molecule has 3 fully saturated rings. The fourth-order valence-corrected chi connectivity index (χ4v) is 5.86. The number of likely N-dealkylation sites (tertiary alicyclic amines) is 1. The number of rotatable bonds is 8. The molecule has 2 saturated carbocycles. The molecule has 5 atom stereocenters. The van der Waals surface area contributed by atoms with Gasteiger partial charge in [0, 0.05) is 12.1 Å². The molecule has 0 bridgehead atoms. The number of hydrogen-bond acceptors (Lipinski definition) is 5. The number of amides is 5. The summed E-state index contributed by atoms with van der Waals surface area (Å²) in [5.41, 5.74) is 4.04. The largest absolute Gasteiger partial charge is 0.363 e. The lowest BCUT2D eigenvalue weighted by Crippen LogP contribution is -2.62. The van der Waals surface area contributed by atoms with Crippen molar-refractivity contribution in [3.8, 4) is 0 Å². The molecular weight excluding hydrogens is 474 g/mol. The summed E-state index contributed by atoms with van der Waals surface area (Å²) in [4.78, 5) is 66.1. The van der Waals surface area contributed by atoms with E-state index in [-0.39, 0.29) is 29.1 Å². The maximum atomic E-state index is 13.9. The number of carbonyl (C=O) groups excluding carboxylic acids is 5. The Morgan fingerprint density at radius 2 is 1.59 bits per heavy atom. The smallest absolute Gasteiger partial charge is 0.315 e. The number of primary amides is 1. The predicted molar refractivity (Wildman–Crippen MR) is 139 cm³/mol. The van der Waals surface area contributed by atoms with Crippen molar-refractivity contribution in [2.45, 2.75) is 105 Å². The number of fused-ring (bicyclic) bond motifs is 1. The molecule has 5 amide bonds. The summed E-state index contributed by atoms with van der Waals surface area (Å²) < 4.78 is 0. The number of urea groups is 1. The molecule has 37 heavy (non-hydrogen) atoms. The van der Waals surface area contributed by atoms with Gasteiger partial charge in [-0.2, -0.15) is 0 Å². The van der Waals surface area contributed by atoms with Crippen LogP contribution in [0.2, 0.25) is 0 Å². The SMILES string of the molecule is CC(C)(C)NC(=O)N[C@H](C(=O)N1CC2[C@@H](C1C(=O)NC(CC1CCC1)C(=O)C(N)=O)C2(C)C)C(C)(C)C. The Bertz CT molecular complexity index is 959. The lowest BCUT2D eigenvalue weighted by Gasteiger charge is -2.38. The molecule has 0 aromatic carbocycles. The normalized spacial score (nSPS) is 26.3. The van der Waals surface area contributed by atoms with Crippen molar-refractivity contribution in [3.05, 3.63) is 0 Å². The molecule has 1 heterocycles. The first kappa shape index (κ1) is 28.9. The number of carbonyl (C=O) groups is 5. The van der Waals surface area contributed by atoms with Crippen molar-refractivity contribution in [2.24, 2.45) is 34.3 Å². The van der Waals surface area contributed by atoms with Gasteiger partial charge in [0.15, 0.2) is 0 Å². The van der Waals surface area contributed by atoms with Gasteiger partial charge in [0.2, 0.25) is 17.6 Å². The second-order valence-electron chi connectivity index (χ2n) is 13.9. The standard InChI is InChI=1S/C27H45N5O5/c1-25(2,3)20(30-24(37)31-26(4,5)6)23(36)32-13-15-17(27(15,7)8)18(32)22(35)29-16(19(33)21(28)34)12-14-10-9-11-14/h14-18,20H,9-13H2,1-8H3,(H2,28,34)(H,29,35)(H2,30,31,37)/t15?,16?,17-,18?,20+/m0/s1. The van der Waals surface area contributed by atoms with Gasteiger partial charge in [-0.25, -0.2) is 4.79 Å². The van der Waals surface area contributed by atoms with Crippen LogP contribution in [0, 0.1) is 28.6 Å². The van der Waals surface area contributed by atoms with E-state index in [9.17, 15) is 24.0 Å². The molecule has 1 aliphatic heterocycles. The average Bonchev–Trinajstić information content (AvgIpc) is 3.06. The van der Waals surface area contributed by atoms with Crippen molar-refractivity contribution in [3.63, 3.8) is 0 Å². The Labute approximate surface area is 220 Å². The van der Waals surface area contributed by atoms with Gasteiger partial charge in [-0.3, -0.25) is 19.2 Å². The molecule has 3 unspecified atom stereocenters. The molecule has 10 heteroatoms. The quantitative estimate of drug-likeness (QED) is 0.360. The molecule has 1 saturated heterocycles. The van der Waals surface area contributed by atoms with Crippen LogP contribution in [0.1, 0.15) is 81.1 Å². The van der Waals surface area contributed by atoms with Crippen LogP contribution in [0.4, 0.5) is 4.79 Å². The first-order valence-corrected chi connectivity index (χ1v) is 13.4. The molecule has 0 radical (unpaired) electrons. The number of ketones is 1. The summed E-state index contributed by atoms with van der Waals surface area (Å²) in [6, 6.07) is -3.13. The third kappa shape index (κ3) is 6.26. The zero-order chi connectivity index (χ0) is 28.1. The van der Waals surface area contributed by atoms with Gasteiger partial charge < -0.3 is 26.6 Å². The van der Waals surface area contributed by atoms with Crippen molar-refractivity contribution in [2.75, 3.05) is 6.54 Å². The monoisotopic (exact) mass is 519 g/mol. The Kier molecular flexibility index (Phi) is 7.74. The zero-order valence-electron chi connectivity index (χ0n) is 23.6. The number of nitrogens with one attached hydrogen (secondary N) is 3. The van der Waals surface area contributed by atoms with Crippen LogP contribution in [0.5, 0.6) is 0 Å². The fourth-order valence-electron chi connectivity index (χ4n) is 5.86. The van der Waals surface area contributed by atoms with E-state index in [4.69, 9.17) is 5.73 Å². The third-order valence-corrected chi connectivity index (χ3v) is 8.31. The summed E-state index contributed by atoms with van der Waals surface area (Å²) in [6.45, 7) is 15.7. The highest BCUT2D eigenvalue weighted by Gasteiger charge is 2.70. The lowest BCUT2D eigenvalue weighted by atomic mass is 9.80. The van der Waals surface area contributed by atoms with E-state index >= 15 is 0 Å². The molecule has 0 spiro atoms. The molecule has 5 N–H and O–H groups in total. The van der Waals surface area contributed by atoms with Crippen LogP contribution >= 0.6 is 0 Å². The number of piperidine rings is 1. The number of nitrogens with two attached hydrogens (primary N) is 1. The van der Waals surface area contributed by atoms with Crippen LogP contribution < -0.4 is 21.7 Å². The van der Waals surface area contributed by atoms with Crippen molar-refractivity contribution < 1.29 is 24.0 Å². The van der Waals surface area contributed by atoms with Gasteiger partial charge in [-0.05, 0) is 55.8 Å². The van der Waals surface area contributed by atoms with Gasteiger partial charge in [0.25, 0.3) is 5.91 Å². The fraction of sp³-hybridized carbons (Fsp3) is 0.815. The summed E-state index contributed by atoms with van der Waals surface area (Å²) in [7, 11) is 0. The lowest BCUT2D eigenvalue weighted by molar-refractivity contribution is -0.145. The van der Waals surface area contributed by atoms with Gasteiger partial charge in [0.1, 0.15) is 12.1 Å². The van der Waals surface area contributed by atoms with Crippen LogP contribution in [-0.2, 0) is 19.2 Å². The van der Waals surface area contributed by atoms with Crippen molar-refractivity contribution in [1.29, 1.82) is 0 Å². The number of Topliss-reactive ketones (excluding diaryl/α,β-unsaturated/α-hetero) is 1. The van der Waals surface area contributed by atoms with E-state index in [1.165, 1.54) is 0 Å². The maximum Gasteiger partial charge on any atom is 0.315 e. The summed E-state index contributed by atoms with van der Waals surface area (Å²) in [5.74, 6) is -2.35. The highest BCUT2D eigenvalue weighted by atomic mass is 16.2. The topological polar surface area (TPSA) is 151 Å². The van der Waals surface area contributed by atoms with E-state index in [0.717, 1.165) is 19.3 Å². The first-order chi connectivity index (χ1) is 16.8. The van der Waals surface area contributed by atoms with E-state index in [2.05, 4.69) is 29.8 Å². The highest BCUT2D eigenvalue weighted by Crippen LogP contribution is 2.65. The second kappa shape index (κ2) is 9.91. The minimum absolute atomic E-state index is 0.0755. The number of nitrogens with zero attached hydrogens (tertiary/aromatic N) is 1. The average molecular weight is 520 g/mol. The Hall–Kier alpha value is -2.65. The molecule has 208 valence electrons. The Balaban J connectivity index is 1.83. The van der Waals surface area contributed by atoms with Crippen LogP contribution in [0.25, 0.3) is 0 Å². The molecule has 0 aromatic heterocycles. The minimum atomic E-state index is -1.07. The number of hydrogen-bond donors (Lipinski definition) is 4. The van der Waals surface area contributed by atoms with E-state index in [1.54, 1.807) is 4.90 Å². The summed E-state index contributed by atoms with van der Waals surface area (Å²) >= 11 is 0. The van der Waals surface area contributed by atoms with Gasteiger partial charge in [0.05, 0.1) is 6.04 Å².